The van der Waals surface area contributed by atoms with E-state index in [1.807, 2.05) is 0 Å². The Kier molecular flexibility index (Phi) is 20.4. The fourth-order valence-corrected chi connectivity index (χ4v) is 1.84. The van der Waals surface area contributed by atoms with Crippen molar-refractivity contribution in [3.63, 3.8) is 0 Å². The number of ether oxygens (including phenoxy) is 4. The van der Waals surface area contributed by atoms with Gasteiger partial charge in [0.1, 0.15) is 0 Å². The number of hydrogen-bond acceptors (Lipinski definition) is 9. The number of aliphatic carboxylic acids is 1. The summed E-state index contributed by atoms with van der Waals surface area (Å²) < 4.78 is 51.7. The van der Waals surface area contributed by atoms with Gasteiger partial charge >= 0.3 is 35.5 Å². The molecule has 0 atom stereocenters. The summed E-state index contributed by atoms with van der Waals surface area (Å²) in [5, 5.41) is 10.7. The van der Waals surface area contributed by atoms with E-state index in [1.54, 1.807) is 0 Å². The van der Waals surface area contributed by atoms with Crippen LogP contribution in [0, 0.1) is 0 Å². The molecular weight excluding hydrogens is 397 g/mol. The molecule has 0 aliphatic carbocycles. The van der Waals surface area contributed by atoms with E-state index in [2.05, 4.69) is 5.32 Å². The van der Waals surface area contributed by atoms with Gasteiger partial charge in [-0.25, -0.2) is 8.42 Å². The van der Waals surface area contributed by atoms with Crippen molar-refractivity contribution in [1.29, 1.82) is 0 Å². The van der Waals surface area contributed by atoms with Crippen LogP contribution in [-0.2, 0) is 38.7 Å². The first-order valence-electron chi connectivity index (χ1n) is 8.04. The van der Waals surface area contributed by atoms with Crippen LogP contribution >= 0.6 is 0 Å². The van der Waals surface area contributed by atoms with Crippen LogP contribution in [0.25, 0.3) is 0 Å². The molecule has 11 nitrogen and oxygen atoms in total. The molecule has 13 heteroatoms. The number of carboxylic acid groups (broad SMARTS) is 1. The Morgan fingerprint density at radius 3 is 1.63 bits per heavy atom. The molecule has 0 aliphatic heterocycles. The van der Waals surface area contributed by atoms with Crippen LogP contribution in [0.5, 0.6) is 0 Å². The summed E-state index contributed by atoms with van der Waals surface area (Å²) in [5.41, 5.74) is 0. The number of carbonyl (C=O) groups excluding carboxylic acids is 1. The maximum Gasteiger partial charge on any atom is 1.00 e. The van der Waals surface area contributed by atoms with Crippen LogP contribution in [-0.4, -0.2) is 95.1 Å². The largest absolute Gasteiger partial charge is 1.00 e. The van der Waals surface area contributed by atoms with Gasteiger partial charge in [-0.1, -0.05) is 0 Å². The van der Waals surface area contributed by atoms with E-state index in [1.165, 1.54) is 0 Å². The molecule has 0 unspecified atom stereocenters. The molecule has 0 aromatic heterocycles. The molecule has 0 heterocycles. The molecule has 0 rings (SSSR count). The first kappa shape index (κ1) is 28.9. The zero-order valence-corrected chi connectivity index (χ0v) is 18.3. The summed E-state index contributed by atoms with van der Waals surface area (Å²) in [5.74, 6) is -1.94. The fourth-order valence-electron chi connectivity index (χ4n) is 1.49. The van der Waals surface area contributed by atoms with Crippen molar-refractivity contribution in [2.24, 2.45) is 0 Å². The topological polar surface area (TPSA) is 161 Å². The molecule has 0 aromatic rings. The summed E-state index contributed by atoms with van der Waals surface area (Å²) in [4.78, 5) is 21.5. The quantitative estimate of drug-likeness (QED) is 0.125. The van der Waals surface area contributed by atoms with E-state index < -0.39 is 27.7 Å². The molecule has 27 heavy (non-hydrogen) atoms. The first-order chi connectivity index (χ1) is 12.3. The zero-order chi connectivity index (χ0) is 19.7. The number of hydrogen-bond donors (Lipinski definition) is 2. The summed E-state index contributed by atoms with van der Waals surface area (Å²) in [6.45, 7) is 2.12. The Morgan fingerprint density at radius 1 is 0.815 bits per heavy atom. The predicted octanol–water partition coefficient (Wildman–Crippen LogP) is -4.42. The van der Waals surface area contributed by atoms with Gasteiger partial charge in [0.25, 0.3) is 0 Å². The molecule has 2 N–H and O–H groups in total. The predicted molar refractivity (Wildman–Crippen MR) is 87.7 cm³/mol. The van der Waals surface area contributed by atoms with Crippen molar-refractivity contribution < 1.29 is 76.2 Å². The number of carbonyl (C=O) groups is 2. The van der Waals surface area contributed by atoms with Gasteiger partial charge in [0.15, 0.2) is 0 Å². The van der Waals surface area contributed by atoms with Crippen molar-refractivity contribution in [3.05, 3.63) is 0 Å². The molecule has 0 bridgehead atoms. The third-order valence-electron chi connectivity index (χ3n) is 2.72. The molecule has 0 saturated heterocycles. The van der Waals surface area contributed by atoms with E-state index >= 15 is 0 Å². The number of rotatable bonds is 18. The van der Waals surface area contributed by atoms with Gasteiger partial charge in [-0.15, -0.1) is 0 Å². The number of carboxylic acids is 1. The molecule has 1 amide bonds. The second kappa shape index (κ2) is 19.0. The minimum absolute atomic E-state index is 0. The smallest absolute Gasteiger partial charge is 0.748 e. The number of amides is 1. The molecule has 0 saturated carbocycles. The van der Waals surface area contributed by atoms with Crippen LogP contribution < -0.4 is 34.9 Å². The van der Waals surface area contributed by atoms with Crippen LogP contribution in [0.15, 0.2) is 0 Å². The minimum Gasteiger partial charge on any atom is -0.748 e. The molecule has 0 radical (unpaired) electrons. The van der Waals surface area contributed by atoms with Gasteiger partial charge in [0, 0.05) is 13.0 Å². The molecule has 0 fully saturated rings. The molecule has 154 valence electrons. The van der Waals surface area contributed by atoms with Crippen LogP contribution in [0.4, 0.5) is 0 Å². The molecular formula is C14H26NNaO10S. The summed E-state index contributed by atoms with van der Waals surface area (Å²) in [6.07, 6.45) is 0.0245. The molecule has 0 spiro atoms. The average Bonchev–Trinajstić information content (AvgIpc) is 2.53. The maximum atomic E-state index is 11.3. The van der Waals surface area contributed by atoms with Crippen molar-refractivity contribution in [2.45, 2.75) is 12.8 Å². The van der Waals surface area contributed by atoms with Crippen molar-refractivity contribution in [3.8, 4) is 0 Å². The van der Waals surface area contributed by atoms with Gasteiger partial charge in [0.2, 0.25) is 5.91 Å². The summed E-state index contributed by atoms with van der Waals surface area (Å²) >= 11 is 0. The molecule has 0 aromatic carbocycles. The van der Waals surface area contributed by atoms with Gasteiger partial charge in [0.05, 0.1) is 75.1 Å². The van der Waals surface area contributed by atoms with Gasteiger partial charge < -0.3 is 33.9 Å². The van der Waals surface area contributed by atoms with Gasteiger partial charge in [-0.05, 0) is 0 Å². The minimum atomic E-state index is -4.32. The second-order valence-electron chi connectivity index (χ2n) is 4.95. The maximum absolute atomic E-state index is 11.3. The van der Waals surface area contributed by atoms with E-state index in [0.717, 1.165) is 0 Å². The van der Waals surface area contributed by atoms with Gasteiger partial charge in [-0.3, -0.25) is 9.59 Å². The Hall–Kier alpha value is -0.310. The SMILES string of the molecule is O=C(O)CCOCCOCCOCCOCCC(=O)NCCS(=O)(=O)[O-].[Na+]. The van der Waals surface area contributed by atoms with Crippen molar-refractivity contribution in [1.82, 2.24) is 5.32 Å². The summed E-state index contributed by atoms with van der Waals surface area (Å²) in [6, 6.07) is 0. The Morgan fingerprint density at radius 2 is 1.22 bits per heavy atom. The van der Waals surface area contributed by atoms with Crippen LogP contribution in [0.3, 0.4) is 0 Å². The Labute approximate surface area is 181 Å². The average molecular weight is 423 g/mol. The Balaban J connectivity index is 0. The number of nitrogens with one attached hydrogen (secondary N) is 1. The standard InChI is InChI=1S/C14H27NO10S.Na/c16-13(15-3-12-26(19,20)21)1-4-22-6-8-24-10-11-25-9-7-23-5-2-14(17)18;/h1-12H2,(H,15,16)(H,17,18)(H,19,20,21);/q;+1/p-1. The van der Waals surface area contributed by atoms with Gasteiger partial charge in [-0.2, -0.15) is 0 Å². The first-order valence-corrected chi connectivity index (χ1v) is 9.62. The monoisotopic (exact) mass is 423 g/mol. The van der Waals surface area contributed by atoms with E-state index in [0.29, 0.717) is 39.6 Å². The van der Waals surface area contributed by atoms with E-state index in [4.69, 9.17) is 24.1 Å². The van der Waals surface area contributed by atoms with Crippen LogP contribution in [0.2, 0.25) is 0 Å². The normalized spacial score (nSPS) is 11.0. The van der Waals surface area contributed by atoms with Crippen molar-refractivity contribution in [2.75, 3.05) is 65.2 Å². The third-order valence-corrected chi connectivity index (χ3v) is 3.43. The zero-order valence-electron chi connectivity index (χ0n) is 15.5. The van der Waals surface area contributed by atoms with Crippen molar-refractivity contribution >= 4 is 22.0 Å². The van der Waals surface area contributed by atoms with E-state index in [9.17, 15) is 22.6 Å². The third kappa shape index (κ3) is 25.7. The Bertz CT molecular complexity index is 488. The fraction of sp³-hybridized carbons (Fsp3) is 0.857. The van der Waals surface area contributed by atoms with E-state index in [-0.39, 0.29) is 62.2 Å². The summed E-state index contributed by atoms with van der Waals surface area (Å²) in [7, 11) is -4.32. The second-order valence-corrected chi connectivity index (χ2v) is 6.48. The molecule has 0 aliphatic rings. The van der Waals surface area contributed by atoms with Crippen LogP contribution in [0.1, 0.15) is 12.8 Å².